The highest BCUT2D eigenvalue weighted by Gasteiger charge is 2.06. The Morgan fingerprint density at radius 2 is 1.67 bits per heavy atom. The molecule has 0 saturated heterocycles. The van der Waals surface area contributed by atoms with Crippen LogP contribution >= 0.6 is 23.2 Å². The van der Waals surface area contributed by atoms with E-state index in [0.717, 1.165) is 11.1 Å². The molecule has 0 radical (unpaired) electrons. The van der Waals surface area contributed by atoms with Gasteiger partial charge in [0.15, 0.2) is 0 Å². The number of rotatable bonds is 3. The lowest BCUT2D eigenvalue weighted by Crippen LogP contribution is -1.76. The third-order valence-electron chi connectivity index (χ3n) is 2.80. The van der Waals surface area contributed by atoms with Gasteiger partial charge in [-0.1, -0.05) is 35.3 Å². The average Bonchev–Trinajstić information content (AvgIpc) is 2.95. The summed E-state index contributed by atoms with van der Waals surface area (Å²) in [6.07, 6.45) is 3.61. The van der Waals surface area contributed by atoms with Crippen molar-refractivity contribution in [2.75, 3.05) is 0 Å². The molecule has 0 amide bonds. The molecule has 0 unspecified atom stereocenters. The van der Waals surface area contributed by atoms with Gasteiger partial charge in [-0.25, -0.2) is 0 Å². The van der Waals surface area contributed by atoms with E-state index < -0.39 is 0 Å². The highest BCUT2D eigenvalue weighted by atomic mass is 35.5. The lowest BCUT2D eigenvalue weighted by molar-refractivity contribution is 0.558. The molecule has 0 spiro atoms. The van der Waals surface area contributed by atoms with Crippen LogP contribution in [0.3, 0.4) is 0 Å². The van der Waals surface area contributed by atoms with Gasteiger partial charge in [-0.3, -0.25) is 0 Å². The second-order valence-electron chi connectivity index (χ2n) is 4.34. The highest BCUT2D eigenvalue weighted by Crippen LogP contribution is 2.21. The van der Waals surface area contributed by atoms with Gasteiger partial charge in [0.2, 0.25) is 11.8 Å². The quantitative estimate of drug-likeness (QED) is 0.665. The molecular weight excluding hydrogens is 307 g/mol. The minimum atomic E-state index is 0.430. The first kappa shape index (κ1) is 13.9. The second kappa shape index (κ2) is 6.12. The molecule has 3 rings (SSSR count). The zero-order valence-corrected chi connectivity index (χ0v) is 12.3. The van der Waals surface area contributed by atoms with Crippen LogP contribution in [-0.4, -0.2) is 10.2 Å². The molecule has 0 aliphatic carbocycles. The monoisotopic (exact) mass is 316 g/mol. The number of aromatic nitrogens is 2. The number of hydrogen-bond acceptors (Lipinski definition) is 3. The number of benzene rings is 2. The van der Waals surface area contributed by atoms with Crippen molar-refractivity contribution < 1.29 is 4.42 Å². The molecule has 0 saturated carbocycles. The molecule has 2 aromatic carbocycles. The predicted octanol–water partition coefficient (Wildman–Crippen LogP) is 5.21. The van der Waals surface area contributed by atoms with Crippen LogP contribution in [0.5, 0.6) is 0 Å². The molecule has 3 aromatic rings. The van der Waals surface area contributed by atoms with Crippen molar-refractivity contribution in [2.24, 2.45) is 0 Å². The van der Waals surface area contributed by atoms with Crippen molar-refractivity contribution in [2.45, 2.75) is 0 Å². The van der Waals surface area contributed by atoms with Crippen molar-refractivity contribution in [1.29, 1.82) is 0 Å². The molecular formula is C16H10Cl2N2O. The van der Waals surface area contributed by atoms with Gasteiger partial charge in [-0.05, 0) is 48.0 Å². The maximum absolute atomic E-state index is 5.93. The molecule has 0 fully saturated rings. The Hall–Kier alpha value is -2.10. The zero-order chi connectivity index (χ0) is 14.7. The van der Waals surface area contributed by atoms with Gasteiger partial charge in [-0.2, -0.15) is 0 Å². The van der Waals surface area contributed by atoms with Crippen LogP contribution < -0.4 is 0 Å². The second-order valence-corrected chi connectivity index (χ2v) is 5.21. The standard InChI is InChI=1S/C16H10Cl2N2O/c17-13-7-5-12(6-8-13)16-20-19-15(21-16)9-4-11-2-1-3-14(18)10-11/h1-10H/b9-4+. The van der Waals surface area contributed by atoms with Crippen molar-refractivity contribution in [3.8, 4) is 11.5 Å². The fraction of sp³-hybridized carbons (Fsp3) is 0. The van der Waals surface area contributed by atoms with E-state index in [4.69, 9.17) is 27.6 Å². The molecule has 0 aliphatic rings. The van der Waals surface area contributed by atoms with Gasteiger partial charge in [0, 0.05) is 21.7 Å². The van der Waals surface area contributed by atoms with E-state index in [0.29, 0.717) is 21.8 Å². The maximum atomic E-state index is 5.93. The Kier molecular flexibility index (Phi) is 4.04. The van der Waals surface area contributed by atoms with Gasteiger partial charge < -0.3 is 4.42 Å². The summed E-state index contributed by atoms with van der Waals surface area (Å²) in [6, 6.07) is 14.7. The Bertz CT molecular complexity index is 779. The molecule has 104 valence electrons. The number of halogens is 2. The summed E-state index contributed by atoms with van der Waals surface area (Å²) in [6.45, 7) is 0. The Morgan fingerprint density at radius 3 is 2.43 bits per heavy atom. The van der Waals surface area contributed by atoms with E-state index in [2.05, 4.69) is 10.2 Å². The summed E-state index contributed by atoms with van der Waals surface area (Å²) < 4.78 is 5.58. The fourth-order valence-corrected chi connectivity index (χ4v) is 2.11. The molecule has 1 heterocycles. The number of nitrogens with zero attached hydrogens (tertiary/aromatic N) is 2. The SMILES string of the molecule is Clc1ccc(-c2nnc(/C=C/c3cccc(Cl)c3)o2)cc1. The summed E-state index contributed by atoms with van der Waals surface area (Å²) >= 11 is 11.8. The largest absolute Gasteiger partial charge is 0.417 e. The molecule has 0 aliphatic heterocycles. The Morgan fingerprint density at radius 1 is 0.857 bits per heavy atom. The minimum absolute atomic E-state index is 0.430. The van der Waals surface area contributed by atoms with E-state index in [1.165, 1.54) is 0 Å². The molecule has 3 nitrogen and oxygen atoms in total. The molecule has 0 bridgehead atoms. The first-order valence-electron chi connectivity index (χ1n) is 6.24. The molecule has 0 N–H and O–H groups in total. The zero-order valence-electron chi connectivity index (χ0n) is 10.8. The summed E-state index contributed by atoms with van der Waals surface area (Å²) in [5.41, 5.74) is 1.79. The normalized spacial score (nSPS) is 11.1. The van der Waals surface area contributed by atoms with Crippen LogP contribution in [0.25, 0.3) is 23.6 Å². The smallest absolute Gasteiger partial charge is 0.248 e. The molecule has 21 heavy (non-hydrogen) atoms. The third-order valence-corrected chi connectivity index (χ3v) is 3.29. The summed E-state index contributed by atoms with van der Waals surface area (Å²) in [5, 5.41) is 9.34. The van der Waals surface area contributed by atoms with E-state index in [9.17, 15) is 0 Å². The van der Waals surface area contributed by atoms with E-state index >= 15 is 0 Å². The first-order valence-corrected chi connectivity index (χ1v) is 6.99. The van der Waals surface area contributed by atoms with Crippen LogP contribution in [-0.2, 0) is 0 Å². The van der Waals surface area contributed by atoms with Gasteiger partial charge in [0.05, 0.1) is 0 Å². The summed E-state index contributed by atoms with van der Waals surface area (Å²) in [4.78, 5) is 0. The van der Waals surface area contributed by atoms with Gasteiger partial charge in [0.1, 0.15) is 0 Å². The summed E-state index contributed by atoms with van der Waals surface area (Å²) in [5.74, 6) is 0.886. The van der Waals surface area contributed by atoms with Gasteiger partial charge in [-0.15, -0.1) is 10.2 Å². The van der Waals surface area contributed by atoms with Crippen molar-refractivity contribution in [3.05, 3.63) is 70.0 Å². The van der Waals surface area contributed by atoms with Crippen LogP contribution in [0, 0.1) is 0 Å². The molecule has 1 aromatic heterocycles. The van der Waals surface area contributed by atoms with Crippen LogP contribution in [0.15, 0.2) is 52.9 Å². The van der Waals surface area contributed by atoms with Crippen molar-refractivity contribution >= 4 is 35.4 Å². The van der Waals surface area contributed by atoms with E-state index in [1.54, 1.807) is 18.2 Å². The van der Waals surface area contributed by atoms with Crippen molar-refractivity contribution in [3.63, 3.8) is 0 Å². The summed E-state index contributed by atoms with van der Waals surface area (Å²) in [7, 11) is 0. The number of hydrogen-bond donors (Lipinski definition) is 0. The third kappa shape index (κ3) is 3.51. The predicted molar refractivity (Wildman–Crippen MR) is 85.1 cm³/mol. The molecule has 0 atom stereocenters. The highest BCUT2D eigenvalue weighted by molar-refractivity contribution is 6.31. The lowest BCUT2D eigenvalue weighted by Gasteiger charge is -1.94. The van der Waals surface area contributed by atoms with Crippen LogP contribution in [0.4, 0.5) is 0 Å². The average molecular weight is 317 g/mol. The Labute approximate surface area is 131 Å². The van der Waals surface area contributed by atoms with E-state index in [1.807, 2.05) is 42.5 Å². The maximum Gasteiger partial charge on any atom is 0.248 e. The van der Waals surface area contributed by atoms with Gasteiger partial charge in [0.25, 0.3) is 0 Å². The van der Waals surface area contributed by atoms with E-state index in [-0.39, 0.29) is 0 Å². The lowest BCUT2D eigenvalue weighted by atomic mass is 10.2. The first-order chi connectivity index (χ1) is 10.2. The topological polar surface area (TPSA) is 38.9 Å². The minimum Gasteiger partial charge on any atom is -0.417 e. The fourth-order valence-electron chi connectivity index (χ4n) is 1.79. The van der Waals surface area contributed by atoms with Crippen molar-refractivity contribution in [1.82, 2.24) is 10.2 Å². The Balaban J connectivity index is 1.80. The van der Waals surface area contributed by atoms with Crippen LogP contribution in [0.2, 0.25) is 10.0 Å². The van der Waals surface area contributed by atoms with Crippen LogP contribution in [0.1, 0.15) is 11.5 Å². The van der Waals surface area contributed by atoms with Gasteiger partial charge >= 0.3 is 0 Å². The molecule has 5 heteroatoms.